The summed E-state index contributed by atoms with van der Waals surface area (Å²) in [6.45, 7) is 6.97. The van der Waals surface area contributed by atoms with Crippen LogP contribution in [0.5, 0.6) is 23.0 Å². The molecule has 4 rings (SSSR count). The Morgan fingerprint density at radius 2 is 1.23 bits per heavy atom. The minimum Gasteiger partial charge on any atom is -0.485 e. The van der Waals surface area contributed by atoms with Crippen molar-refractivity contribution in [3.63, 3.8) is 0 Å². The van der Waals surface area contributed by atoms with Crippen molar-refractivity contribution < 1.29 is 18.9 Å². The summed E-state index contributed by atoms with van der Waals surface area (Å²) in [5.74, 6) is 4.86. The molecule has 2 aliphatic heterocycles. The first-order valence-electron chi connectivity index (χ1n) is 11.8. The summed E-state index contributed by atoms with van der Waals surface area (Å²) in [6.07, 6.45) is 11.2. The molecule has 0 saturated carbocycles. The van der Waals surface area contributed by atoms with Crippen molar-refractivity contribution in [1.82, 2.24) is 0 Å². The van der Waals surface area contributed by atoms with Crippen LogP contribution >= 0.6 is 34.4 Å². The average Bonchev–Trinajstić information content (AvgIpc) is 3.35. The molecule has 4 nitrogen and oxygen atoms in total. The molecule has 2 aromatic heterocycles. The van der Waals surface area contributed by atoms with Gasteiger partial charge in [-0.25, -0.2) is 0 Å². The maximum atomic E-state index is 6.13. The molecule has 0 aromatic carbocycles. The van der Waals surface area contributed by atoms with Crippen molar-refractivity contribution in [3.8, 4) is 32.8 Å². The summed E-state index contributed by atoms with van der Waals surface area (Å²) < 4.78 is 25.7. The summed E-state index contributed by atoms with van der Waals surface area (Å²) in [6, 6.07) is 0. The fraction of sp³-hybridized carbons (Fsp3) is 0.667. The third kappa shape index (κ3) is 5.48. The maximum absolute atomic E-state index is 6.13. The van der Waals surface area contributed by atoms with Gasteiger partial charge in [-0.15, -0.1) is 34.4 Å². The Kier molecular flexibility index (Phi) is 8.73. The normalized spacial score (nSPS) is 14.8. The van der Waals surface area contributed by atoms with Crippen molar-refractivity contribution in [1.29, 1.82) is 0 Å². The third-order valence-corrected chi connectivity index (χ3v) is 9.40. The molecule has 0 amide bonds. The molecule has 31 heavy (non-hydrogen) atoms. The number of thiophene rings is 2. The highest BCUT2D eigenvalue weighted by molar-refractivity contribution is 8.01. The Hall–Kier alpha value is -1.05. The van der Waals surface area contributed by atoms with Gasteiger partial charge in [-0.2, -0.15) is 0 Å². The van der Waals surface area contributed by atoms with E-state index in [0.29, 0.717) is 26.4 Å². The summed E-state index contributed by atoms with van der Waals surface area (Å²) in [5.41, 5.74) is 0. The predicted octanol–water partition coefficient (Wildman–Crippen LogP) is 7.81. The van der Waals surface area contributed by atoms with Gasteiger partial charge >= 0.3 is 0 Å². The third-order valence-electron chi connectivity index (χ3n) is 5.53. The lowest BCUT2D eigenvalue weighted by Gasteiger charge is -2.18. The zero-order valence-electron chi connectivity index (χ0n) is 18.8. The number of hydrogen-bond acceptors (Lipinski definition) is 7. The smallest absolute Gasteiger partial charge is 0.186 e. The van der Waals surface area contributed by atoms with E-state index < -0.39 is 0 Å². The van der Waals surface area contributed by atoms with Crippen LogP contribution in [0.25, 0.3) is 9.75 Å². The van der Waals surface area contributed by atoms with Gasteiger partial charge in [-0.3, -0.25) is 0 Å². The van der Waals surface area contributed by atoms with Gasteiger partial charge in [0.2, 0.25) is 0 Å². The van der Waals surface area contributed by atoms with Crippen LogP contribution in [-0.4, -0.2) is 32.2 Å². The van der Waals surface area contributed by atoms with Crippen molar-refractivity contribution in [2.24, 2.45) is 0 Å². The van der Waals surface area contributed by atoms with Gasteiger partial charge < -0.3 is 18.9 Å². The Morgan fingerprint density at radius 1 is 0.645 bits per heavy atom. The number of thioether (sulfide) groups is 1. The molecular formula is C24H34O4S3. The van der Waals surface area contributed by atoms with Gasteiger partial charge in [-0.1, -0.05) is 52.4 Å². The first-order valence-corrected chi connectivity index (χ1v) is 14.4. The molecule has 172 valence electrons. The summed E-state index contributed by atoms with van der Waals surface area (Å²) in [4.78, 5) is 3.62. The van der Waals surface area contributed by atoms with Gasteiger partial charge in [0.05, 0.1) is 14.6 Å². The quantitative estimate of drug-likeness (QED) is 0.228. The van der Waals surface area contributed by atoms with E-state index in [-0.39, 0.29) is 0 Å². The zero-order valence-corrected chi connectivity index (χ0v) is 21.2. The molecule has 0 bridgehead atoms. The van der Waals surface area contributed by atoms with Crippen LogP contribution < -0.4 is 18.9 Å². The molecule has 0 saturated heterocycles. The van der Waals surface area contributed by atoms with Gasteiger partial charge in [0, 0.05) is 0 Å². The van der Waals surface area contributed by atoms with E-state index >= 15 is 0 Å². The second kappa shape index (κ2) is 11.7. The SMILES string of the molecule is CCCCCCSc1sc(-c2sc(CCCCCC)c3c2OCCO3)c2c1OCCO2. The van der Waals surface area contributed by atoms with E-state index in [4.69, 9.17) is 18.9 Å². The molecule has 0 aliphatic carbocycles. The number of rotatable bonds is 12. The molecule has 0 spiro atoms. The van der Waals surface area contributed by atoms with E-state index in [1.54, 1.807) is 11.3 Å². The van der Waals surface area contributed by atoms with E-state index in [2.05, 4.69) is 13.8 Å². The minimum atomic E-state index is 0.603. The van der Waals surface area contributed by atoms with Crippen LogP contribution in [0.4, 0.5) is 0 Å². The molecule has 0 atom stereocenters. The van der Waals surface area contributed by atoms with Crippen molar-refractivity contribution in [3.05, 3.63) is 4.88 Å². The van der Waals surface area contributed by atoms with Crippen LogP contribution in [0.15, 0.2) is 4.21 Å². The standard InChI is InChI=1S/C24H34O4S3/c1-3-5-7-9-11-17-18-19(26-13-12-25-18)22(30-17)23-20-21(28-15-14-27-20)24(31-23)29-16-10-8-6-4-2/h3-16H2,1-2H3. The number of hydrogen-bond donors (Lipinski definition) is 0. The summed E-state index contributed by atoms with van der Waals surface area (Å²) >= 11 is 5.53. The van der Waals surface area contributed by atoms with Crippen LogP contribution in [0.1, 0.15) is 70.1 Å². The van der Waals surface area contributed by atoms with Gasteiger partial charge in [0.1, 0.15) is 30.6 Å². The van der Waals surface area contributed by atoms with Crippen molar-refractivity contribution in [2.75, 3.05) is 32.2 Å². The molecule has 2 aliphatic rings. The van der Waals surface area contributed by atoms with E-state index in [1.165, 1.54) is 60.5 Å². The van der Waals surface area contributed by atoms with Crippen LogP contribution in [-0.2, 0) is 6.42 Å². The second-order valence-corrected chi connectivity index (χ2v) is 11.5. The minimum absolute atomic E-state index is 0.603. The molecular weight excluding hydrogens is 448 g/mol. The topological polar surface area (TPSA) is 36.9 Å². The molecule has 7 heteroatoms. The van der Waals surface area contributed by atoms with E-state index in [9.17, 15) is 0 Å². The lowest BCUT2D eigenvalue weighted by Crippen LogP contribution is -2.16. The molecule has 4 heterocycles. The van der Waals surface area contributed by atoms with Crippen LogP contribution in [0.2, 0.25) is 0 Å². The molecule has 0 N–H and O–H groups in total. The van der Waals surface area contributed by atoms with Crippen LogP contribution in [0.3, 0.4) is 0 Å². The largest absolute Gasteiger partial charge is 0.485 e. The number of fused-ring (bicyclic) bond motifs is 2. The van der Waals surface area contributed by atoms with Crippen molar-refractivity contribution >= 4 is 34.4 Å². The Bertz CT molecular complexity index is 842. The fourth-order valence-electron chi connectivity index (χ4n) is 3.90. The fourth-order valence-corrected chi connectivity index (χ4v) is 7.73. The van der Waals surface area contributed by atoms with E-state index in [0.717, 1.165) is 44.9 Å². The van der Waals surface area contributed by atoms with Gasteiger partial charge in [-0.05, 0) is 25.0 Å². The molecule has 0 radical (unpaired) electrons. The first-order chi connectivity index (χ1) is 15.3. The van der Waals surface area contributed by atoms with Gasteiger partial charge in [0.25, 0.3) is 0 Å². The van der Waals surface area contributed by atoms with Crippen molar-refractivity contribution in [2.45, 2.75) is 75.8 Å². The highest BCUT2D eigenvalue weighted by Crippen LogP contribution is 2.59. The first kappa shape index (κ1) is 23.1. The number of ether oxygens (including phenoxy) is 4. The van der Waals surface area contributed by atoms with Crippen LogP contribution in [0, 0.1) is 0 Å². The molecule has 0 fully saturated rings. The number of aryl methyl sites for hydroxylation is 1. The Morgan fingerprint density at radius 3 is 1.94 bits per heavy atom. The molecule has 0 unspecified atom stereocenters. The number of unbranched alkanes of at least 4 members (excludes halogenated alkanes) is 6. The summed E-state index contributed by atoms with van der Waals surface area (Å²) in [7, 11) is 0. The maximum Gasteiger partial charge on any atom is 0.186 e. The molecule has 2 aromatic rings. The summed E-state index contributed by atoms with van der Waals surface area (Å²) in [5, 5.41) is 0. The van der Waals surface area contributed by atoms with E-state index in [1.807, 2.05) is 23.1 Å². The highest BCUT2D eigenvalue weighted by Gasteiger charge is 2.32. The monoisotopic (exact) mass is 482 g/mol. The lowest BCUT2D eigenvalue weighted by atomic mass is 10.1. The lowest BCUT2D eigenvalue weighted by molar-refractivity contribution is 0.169. The Balaban J connectivity index is 1.58. The second-order valence-electron chi connectivity index (χ2n) is 8.00. The zero-order chi connectivity index (χ0) is 21.5. The predicted molar refractivity (Wildman–Crippen MR) is 132 cm³/mol. The van der Waals surface area contributed by atoms with Gasteiger partial charge in [0.15, 0.2) is 23.0 Å². The average molecular weight is 483 g/mol. The highest BCUT2D eigenvalue weighted by atomic mass is 32.2. The Labute approximate surface area is 198 Å².